The molecule has 2 aromatic rings. The summed E-state index contributed by atoms with van der Waals surface area (Å²) < 4.78 is 58.1. The Hall–Kier alpha value is -3.37. The van der Waals surface area contributed by atoms with Gasteiger partial charge in [-0.05, 0) is 23.8 Å². The van der Waals surface area contributed by atoms with E-state index in [1.165, 1.54) is 27.5 Å². The Kier molecular flexibility index (Phi) is 8.59. The molecule has 0 aliphatic carbocycles. The average molecular weight is 442 g/mol. The zero-order valence-corrected chi connectivity index (χ0v) is 17.7. The topological polar surface area (TPSA) is 86.2 Å². The van der Waals surface area contributed by atoms with E-state index in [0.29, 0.717) is 35.3 Å². The SMILES string of the molecule is CN=C(NCc1cc(OC)c(OC)c(OC)c1)NCc1cccnc1OCC(F)(F)F. The van der Waals surface area contributed by atoms with Crippen LogP contribution < -0.4 is 29.6 Å². The van der Waals surface area contributed by atoms with Crippen LogP contribution in [0.2, 0.25) is 0 Å². The fourth-order valence-electron chi connectivity index (χ4n) is 2.66. The number of nitrogens with zero attached hydrogens (tertiary/aromatic N) is 2. The van der Waals surface area contributed by atoms with Crippen molar-refractivity contribution in [2.24, 2.45) is 4.99 Å². The first-order chi connectivity index (χ1) is 14.8. The number of benzene rings is 1. The highest BCUT2D eigenvalue weighted by Crippen LogP contribution is 2.38. The summed E-state index contributed by atoms with van der Waals surface area (Å²) in [6, 6.07) is 6.83. The molecular weight excluding hydrogens is 417 g/mol. The number of methoxy groups -OCH3 is 3. The summed E-state index contributed by atoms with van der Waals surface area (Å²) in [6.45, 7) is -0.873. The van der Waals surface area contributed by atoms with Gasteiger partial charge >= 0.3 is 6.18 Å². The molecule has 8 nitrogen and oxygen atoms in total. The predicted octanol–water partition coefficient (Wildman–Crippen LogP) is 2.91. The number of hydrogen-bond donors (Lipinski definition) is 2. The van der Waals surface area contributed by atoms with Crippen molar-refractivity contribution < 1.29 is 32.1 Å². The molecule has 0 fully saturated rings. The predicted molar refractivity (Wildman–Crippen MR) is 109 cm³/mol. The molecule has 0 amide bonds. The van der Waals surface area contributed by atoms with Gasteiger partial charge in [0, 0.05) is 31.9 Å². The lowest BCUT2D eigenvalue weighted by Crippen LogP contribution is -2.36. The summed E-state index contributed by atoms with van der Waals surface area (Å²) in [5.74, 6) is 1.86. The number of hydrogen-bond acceptors (Lipinski definition) is 6. The molecule has 2 rings (SSSR count). The monoisotopic (exact) mass is 442 g/mol. The lowest BCUT2D eigenvalue weighted by atomic mass is 10.2. The smallest absolute Gasteiger partial charge is 0.422 e. The van der Waals surface area contributed by atoms with E-state index >= 15 is 0 Å². The van der Waals surface area contributed by atoms with Crippen LogP contribution in [0.1, 0.15) is 11.1 Å². The van der Waals surface area contributed by atoms with E-state index in [1.54, 1.807) is 31.3 Å². The highest BCUT2D eigenvalue weighted by atomic mass is 19.4. The van der Waals surface area contributed by atoms with Crippen LogP contribution in [0, 0.1) is 0 Å². The second-order valence-electron chi connectivity index (χ2n) is 6.18. The summed E-state index contributed by atoms with van der Waals surface area (Å²) in [4.78, 5) is 7.99. The minimum Gasteiger partial charge on any atom is -0.493 e. The molecule has 1 aromatic heterocycles. The first kappa shape index (κ1) is 23.9. The van der Waals surface area contributed by atoms with Crippen molar-refractivity contribution in [1.29, 1.82) is 0 Å². The molecule has 11 heteroatoms. The van der Waals surface area contributed by atoms with E-state index in [9.17, 15) is 13.2 Å². The Morgan fingerprint density at radius 3 is 2.23 bits per heavy atom. The van der Waals surface area contributed by atoms with Gasteiger partial charge in [-0.3, -0.25) is 4.99 Å². The van der Waals surface area contributed by atoms with Gasteiger partial charge in [-0.15, -0.1) is 0 Å². The fourth-order valence-corrected chi connectivity index (χ4v) is 2.66. The van der Waals surface area contributed by atoms with Gasteiger partial charge in [0.2, 0.25) is 11.6 Å². The van der Waals surface area contributed by atoms with Crippen molar-refractivity contribution in [3.05, 3.63) is 41.6 Å². The number of ether oxygens (including phenoxy) is 4. The van der Waals surface area contributed by atoms with Crippen LogP contribution in [0.15, 0.2) is 35.5 Å². The Bertz CT molecular complexity index is 866. The van der Waals surface area contributed by atoms with Gasteiger partial charge in [0.1, 0.15) is 0 Å². The Morgan fingerprint density at radius 1 is 1.03 bits per heavy atom. The zero-order valence-electron chi connectivity index (χ0n) is 17.7. The summed E-state index contributed by atoms with van der Waals surface area (Å²) in [5.41, 5.74) is 1.30. The molecule has 0 atom stereocenters. The molecule has 0 aliphatic rings. The number of nitrogens with one attached hydrogen (secondary N) is 2. The highest BCUT2D eigenvalue weighted by Gasteiger charge is 2.29. The first-order valence-corrected chi connectivity index (χ1v) is 9.18. The van der Waals surface area contributed by atoms with Gasteiger partial charge in [0.15, 0.2) is 24.1 Å². The number of aromatic nitrogens is 1. The van der Waals surface area contributed by atoms with E-state index < -0.39 is 12.8 Å². The molecule has 0 saturated carbocycles. The maximum Gasteiger partial charge on any atom is 0.422 e. The van der Waals surface area contributed by atoms with Crippen LogP contribution in [0.25, 0.3) is 0 Å². The van der Waals surface area contributed by atoms with Gasteiger partial charge in [-0.25, -0.2) is 4.98 Å². The standard InChI is InChI=1S/C20H25F3N4O4/c1-24-19(26-10-13-8-15(28-2)17(30-4)16(9-13)29-3)27-11-14-6-5-7-25-18(14)31-12-20(21,22)23/h5-9H,10-12H2,1-4H3,(H2,24,26,27). The van der Waals surface area contributed by atoms with Gasteiger partial charge in [-0.1, -0.05) is 6.07 Å². The quantitative estimate of drug-likeness (QED) is 0.456. The van der Waals surface area contributed by atoms with Crippen LogP contribution in [-0.4, -0.2) is 52.1 Å². The largest absolute Gasteiger partial charge is 0.493 e. The number of pyridine rings is 1. The third-order valence-corrected chi connectivity index (χ3v) is 4.08. The Morgan fingerprint density at radius 2 is 1.68 bits per heavy atom. The molecule has 170 valence electrons. The van der Waals surface area contributed by atoms with Crippen LogP contribution in [0.3, 0.4) is 0 Å². The van der Waals surface area contributed by atoms with Crippen LogP contribution >= 0.6 is 0 Å². The Labute approximate surface area is 178 Å². The lowest BCUT2D eigenvalue weighted by molar-refractivity contribution is -0.154. The van der Waals surface area contributed by atoms with Crippen LogP contribution in [0.5, 0.6) is 23.1 Å². The maximum absolute atomic E-state index is 12.4. The van der Waals surface area contributed by atoms with Gasteiger partial charge in [0.25, 0.3) is 0 Å². The van der Waals surface area contributed by atoms with E-state index in [4.69, 9.17) is 18.9 Å². The molecule has 0 aliphatic heterocycles. The van der Waals surface area contributed by atoms with Crippen molar-refractivity contribution in [1.82, 2.24) is 15.6 Å². The molecule has 2 N–H and O–H groups in total. The minimum atomic E-state index is -4.44. The fraction of sp³-hybridized carbons (Fsp3) is 0.400. The van der Waals surface area contributed by atoms with Crippen molar-refractivity contribution >= 4 is 5.96 Å². The minimum absolute atomic E-state index is 0.0904. The van der Waals surface area contributed by atoms with E-state index in [0.717, 1.165) is 5.56 Å². The summed E-state index contributed by atoms with van der Waals surface area (Å²) in [7, 11) is 6.16. The molecule has 0 bridgehead atoms. The van der Waals surface area contributed by atoms with Gasteiger partial charge < -0.3 is 29.6 Å². The van der Waals surface area contributed by atoms with Crippen molar-refractivity contribution in [3.63, 3.8) is 0 Å². The van der Waals surface area contributed by atoms with E-state index in [-0.39, 0.29) is 12.4 Å². The van der Waals surface area contributed by atoms with Crippen molar-refractivity contribution in [2.75, 3.05) is 35.0 Å². The van der Waals surface area contributed by atoms with E-state index in [1.807, 2.05) is 0 Å². The van der Waals surface area contributed by atoms with Crippen LogP contribution in [-0.2, 0) is 13.1 Å². The first-order valence-electron chi connectivity index (χ1n) is 9.18. The third kappa shape index (κ3) is 7.12. The van der Waals surface area contributed by atoms with Crippen LogP contribution in [0.4, 0.5) is 13.2 Å². The molecule has 0 saturated heterocycles. The number of alkyl halides is 3. The zero-order chi connectivity index (χ0) is 22.9. The van der Waals surface area contributed by atoms with E-state index in [2.05, 4.69) is 20.6 Å². The number of rotatable bonds is 9. The summed E-state index contributed by atoms with van der Waals surface area (Å²) in [5, 5.41) is 6.14. The number of halogens is 3. The molecular formula is C20H25F3N4O4. The normalized spacial score (nSPS) is 11.6. The lowest BCUT2D eigenvalue weighted by Gasteiger charge is -2.16. The van der Waals surface area contributed by atoms with Crippen molar-refractivity contribution in [2.45, 2.75) is 19.3 Å². The molecule has 0 spiro atoms. The molecule has 0 radical (unpaired) electrons. The van der Waals surface area contributed by atoms with Gasteiger partial charge in [0.05, 0.1) is 21.3 Å². The van der Waals surface area contributed by atoms with Crippen molar-refractivity contribution in [3.8, 4) is 23.1 Å². The number of aliphatic imine (C=N–C) groups is 1. The summed E-state index contributed by atoms with van der Waals surface area (Å²) >= 11 is 0. The Balaban J connectivity index is 2.02. The molecule has 1 aromatic carbocycles. The second-order valence-corrected chi connectivity index (χ2v) is 6.18. The maximum atomic E-state index is 12.4. The molecule has 1 heterocycles. The second kappa shape index (κ2) is 11.1. The highest BCUT2D eigenvalue weighted by molar-refractivity contribution is 5.79. The molecule has 31 heavy (non-hydrogen) atoms. The molecule has 0 unspecified atom stereocenters. The average Bonchev–Trinajstić information content (AvgIpc) is 2.76. The third-order valence-electron chi connectivity index (χ3n) is 4.08. The van der Waals surface area contributed by atoms with Gasteiger partial charge in [-0.2, -0.15) is 13.2 Å². The summed E-state index contributed by atoms with van der Waals surface area (Å²) in [6.07, 6.45) is -3.08. The number of guanidine groups is 1.